The molecular weight excluding hydrogens is 321 g/mol. The maximum atomic E-state index is 13.2. The first-order valence-electron chi connectivity index (χ1n) is 8.09. The average Bonchev–Trinajstić information content (AvgIpc) is 2.61. The van der Waals surface area contributed by atoms with Crippen LogP contribution in [0.3, 0.4) is 0 Å². The number of halogens is 1. The topological polar surface area (TPSA) is 49.8 Å². The Kier molecular flexibility index (Phi) is 4.86. The van der Waals surface area contributed by atoms with Gasteiger partial charge in [-0.05, 0) is 47.5 Å². The number of allylic oxidation sites excluding steroid dienone is 1. The Morgan fingerprint density at radius 2 is 1.80 bits per heavy atom. The van der Waals surface area contributed by atoms with Crippen molar-refractivity contribution in [3.8, 4) is 5.75 Å². The first-order valence-corrected chi connectivity index (χ1v) is 8.09. The summed E-state index contributed by atoms with van der Waals surface area (Å²) in [5.74, 6) is 0.0998. The Bertz CT molecular complexity index is 784. The first kappa shape index (κ1) is 17.2. The second-order valence-electron chi connectivity index (χ2n) is 6.04. The van der Waals surface area contributed by atoms with Crippen LogP contribution in [0, 0.1) is 5.82 Å². The fourth-order valence-corrected chi connectivity index (χ4v) is 3.15. The van der Waals surface area contributed by atoms with E-state index in [0.717, 1.165) is 11.3 Å². The SMILES string of the molecule is COc1ccc([C@H]2C=C(c3ccc(F)cc3)N(C(C)=O)C(O)C2)cc1. The molecule has 0 saturated carbocycles. The summed E-state index contributed by atoms with van der Waals surface area (Å²) in [4.78, 5) is 13.4. The molecule has 0 fully saturated rings. The van der Waals surface area contributed by atoms with E-state index in [1.165, 1.54) is 24.0 Å². The minimum absolute atomic E-state index is 0.0587. The number of methoxy groups -OCH3 is 1. The lowest BCUT2D eigenvalue weighted by atomic mass is 9.88. The summed E-state index contributed by atoms with van der Waals surface area (Å²) in [6.45, 7) is 1.41. The Morgan fingerprint density at radius 3 is 2.36 bits per heavy atom. The molecule has 3 rings (SSSR count). The van der Waals surface area contributed by atoms with Crippen LogP contribution in [0.5, 0.6) is 5.75 Å². The zero-order valence-electron chi connectivity index (χ0n) is 14.1. The molecule has 1 amide bonds. The van der Waals surface area contributed by atoms with Gasteiger partial charge in [0.2, 0.25) is 5.91 Å². The molecule has 4 nitrogen and oxygen atoms in total. The number of carbonyl (C=O) groups excluding carboxylic acids is 1. The maximum Gasteiger partial charge on any atom is 0.225 e. The summed E-state index contributed by atoms with van der Waals surface area (Å²) in [6.07, 6.45) is 1.41. The van der Waals surface area contributed by atoms with Gasteiger partial charge in [-0.15, -0.1) is 0 Å². The lowest BCUT2D eigenvalue weighted by Crippen LogP contribution is -2.41. The molecule has 0 aliphatic carbocycles. The van der Waals surface area contributed by atoms with Crippen LogP contribution >= 0.6 is 0 Å². The number of carbonyl (C=O) groups is 1. The fraction of sp³-hybridized carbons (Fsp3) is 0.250. The van der Waals surface area contributed by atoms with Crippen LogP contribution in [0.25, 0.3) is 5.70 Å². The standard InChI is InChI=1S/C20H20FNO3/c1-13(23)22-19(15-3-7-17(21)8-4-15)11-16(12-20(22)24)14-5-9-18(25-2)10-6-14/h3-11,16,20,24H,12H2,1-2H3/t16-,20?/m0/s1. The van der Waals surface area contributed by atoms with Crippen molar-refractivity contribution in [1.82, 2.24) is 4.90 Å². The lowest BCUT2D eigenvalue weighted by Gasteiger charge is -2.36. The first-order chi connectivity index (χ1) is 12.0. The van der Waals surface area contributed by atoms with E-state index in [0.29, 0.717) is 17.7 Å². The van der Waals surface area contributed by atoms with Crippen molar-refractivity contribution in [1.29, 1.82) is 0 Å². The van der Waals surface area contributed by atoms with E-state index in [4.69, 9.17) is 4.74 Å². The molecule has 1 aliphatic heterocycles. The minimum atomic E-state index is -0.936. The zero-order valence-corrected chi connectivity index (χ0v) is 14.1. The number of ether oxygens (including phenoxy) is 1. The highest BCUT2D eigenvalue weighted by atomic mass is 19.1. The molecule has 2 aromatic rings. The van der Waals surface area contributed by atoms with Crippen LogP contribution in [-0.4, -0.2) is 29.3 Å². The van der Waals surface area contributed by atoms with E-state index >= 15 is 0 Å². The minimum Gasteiger partial charge on any atom is -0.497 e. The fourth-order valence-electron chi connectivity index (χ4n) is 3.15. The van der Waals surface area contributed by atoms with Gasteiger partial charge in [0.15, 0.2) is 0 Å². The van der Waals surface area contributed by atoms with Crippen molar-refractivity contribution in [3.63, 3.8) is 0 Å². The van der Waals surface area contributed by atoms with Crippen LogP contribution in [0.2, 0.25) is 0 Å². The monoisotopic (exact) mass is 341 g/mol. The van der Waals surface area contributed by atoms with E-state index in [-0.39, 0.29) is 17.6 Å². The Morgan fingerprint density at radius 1 is 1.16 bits per heavy atom. The van der Waals surface area contributed by atoms with Gasteiger partial charge in [0.25, 0.3) is 0 Å². The summed E-state index contributed by atoms with van der Waals surface area (Å²) >= 11 is 0. The lowest BCUT2D eigenvalue weighted by molar-refractivity contribution is -0.133. The molecule has 1 unspecified atom stereocenters. The third kappa shape index (κ3) is 3.56. The Balaban J connectivity index is 2.02. The maximum absolute atomic E-state index is 13.2. The van der Waals surface area contributed by atoms with Crippen molar-refractivity contribution in [2.24, 2.45) is 0 Å². The molecule has 0 bridgehead atoms. The second kappa shape index (κ2) is 7.07. The smallest absolute Gasteiger partial charge is 0.225 e. The molecule has 1 heterocycles. The molecule has 1 N–H and O–H groups in total. The number of hydrogen-bond acceptors (Lipinski definition) is 3. The summed E-state index contributed by atoms with van der Waals surface area (Å²) in [5.41, 5.74) is 2.29. The number of amides is 1. The third-order valence-corrected chi connectivity index (χ3v) is 4.40. The van der Waals surface area contributed by atoms with E-state index in [1.807, 2.05) is 30.3 Å². The van der Waals surface area contributed by atoms with E-state index in [9.17, 15) is 14.3 Å². The van der Waals surface area contributed by atoms with Gasteiger partial charge in [0.1, 0.15) is 17.8 Å². The molecule has 2 aromatic carbocycles. The van der Waals surface area contributed by atoms with Gasteiger partial charge in [-0.2, -0.15) is 0 Å². The van der Waals surface area contributed by atoms with Gasteiger partial charge in [0, 0.05) is 19.3 Å². The van der Waals surface area contributed by atoms with Gasteiger partial charge < -0.3 is 9.84 Å². The second-order valence-corrected chi connectivity index (χ2v) is 6.04. The normalized spacial score (nSPS) is 20.2. The van der Waals surface area contributed by atoms with Crippen molar-refractivity contribution in [3.05, 3.63) is 71.6 Å². The van der Waals surface area contributed by atoms with Crippen molar-refractivity contribution < 1.29 is 19.0 Å². The Labute approximate surface area is 146 Å². The molecule has 25 heavy (non-hydrogen) atoms. The predicted octanol–water partition coefficient (Wildman–Crippen LogP) is 3.53. The zero-order chi connectivity index (χ0) is 18.0. The quantitative estimate of drug-likeness (QED) is 0.929. The van der Waals surface area contributed by atoms with Gasteiger partial charge in [-0.3, -0.25) is 9.69 Å². The van der Waals surface area contributed by atoms with E-state index in [2.05, 4.69) is 0 Å². The number of aliphatic hydroxyl groups excluding tert-OH is 1. The number of nitrogens with zero attached hydrogens (tertiary/aromatic N) is 1. The average molecular weight is 341 g/mol. The molecule has 0 spiro atoms. The van der Waals surface area contributed by atoms with Crippen LogP contribution < -0.4 is 4.74 Å². The van der Waals surface area contributed by atoms with Gasteiger partial charge in [-0.25, -0.2) is 4.39 Å². The molecule has 2 atom stereocenters. The van der Waals surface area contributed by atoms with Crippen LogP contribution in [0.4, 0.5) is 4.39 Å². The van der Waals surface area contributed by atoms with Crippen LogP contribution in [0.1, 0.15) is 30.4 Å². The van der Waals surface area contributed by atoms with Crippen molar-refractivity contribution in [2.75, 3.05) is 7.11 Å². The molecule has 0 aromatic heterocycles. The summed E-state index contributed by atoms with van der Waals surface area (Å²) in [5, 5.41) is 10.5. The van der Waals surface area contributed by atoms with Crippen molar-refractivity contribution in [2.45, 2.75) is 25.5 Å². The highest BCUT2D eigenvalue weighted by molar-refractivity contribution is 5.86. The highest BCUT2D eigenvalue weighted by Crippen LogP contribution is 2.36. The molecule has 5 heteroatoms. The molecule has 1 aliphatic rings. The van der Waals surface area contributed by atoms with Crippen molar-refractivity contribution >= 4 is 11.6 Å². The Hall–Kier alpha value is -2.66. The summed E-state index contributed by atoms with van der Waals surface area (Å²) in [7, 11) is 1.61. The molecular formula is C20H20FNO3. The van der Waals surface area contributed by atoms with Gasteiger partial charge in [-0.1, -0.05) is 18.2 Å². The predicted molar refractivity (Wildman–Crippen MR) is 93.3 cm³/mol. The van der Waals surface area contributed by atoms with Gasteiger partial charge in [0.05, 0.1) is 12.8 Å². The van der Waals surface area contributed by atoms with E-state index < -0.39 is 6.23 Å². The number of hydrogen-bond donors (Lipinski definition) is 1. The summed E-state index contributed by atoms with van der Waals surface area (Å²) < 4.78 is 18.4. The van der Waals surface area contributed by atoms with E-state index in [1.54, 1.807) is 19.2 Å². The third-order valence-electron chi connectivity index (χ3n) is 4.40. The number of aliphatic hydroxyl groups is 1. The largest absolute Gasteiger partial charge is 0.497 e. The molecule has 0 saturated heterocycles. The number of benzene rings is 2. The van der Waals surface area contributed by atoms with Gasteiger partial charge >= 0.3 is 0 Å². The summed E-state index contributed by atoms with van der Waals surface area (Å²) in [6, 6.07) is 13.5. The number of rotatable bonds is 3. The molecule has 130 valence electrons. The van der Waals surface area contributed by atoms with Crippen LogP contribution in [0.15, 0.2) is 54.6 Å². The molecule has 0 radical (unpaired) electrons. The highest BCUT2D eigenvalue weighted by Gasteiger charge is 2.31. The van der Waals surface area contributed by atoms with Crippen LogP contribution in [-0.2, 0) is 4.79 Å².